The Labute approximate surface area is 104 Å². The van der Waals surface area contributed by atoms with Gasteiger partial charge in [0.1, 0.15) is 17.5 Å². The third-order valence-electron chi connectivity index (χ3n) is 2.94. The monoisotopic (exact) mass is 236 g/mol. The summed E-state index contributed by atoms with van der Waals surface area (Å²) in [5.74, 6) is 3.28. The highest BCUT2D eigenvalue weighted by molar-refractivity contribution is 5.47. The molecular weight excluding hydrogens is 212 g/mol. The van der Waals surface area contributed by atoms with Gasteiger partial charge in [-0.15, -0.1) is 0 Å². The second-order valence-corrected chi connectivity index (χ2v) is 4.73. The van der Waals surface area contributed by atoms with Gasteiger partial charge in [0.25, 0.3) is 0 Å². The molecule has 0 aromatic carbocycles. The molecule has 0 radical (unpaired) electrons. The van der Waals surface area contributed by atoms with Gasteiger partial charge in [0.05, 0.1) is 0 Å². The van der Waals surface area contributed by atoms with Crippen molar-refractivity contribution < 1.29 is 0 Å². The third kappa shape index (κ3) is 4.59. The van der Waals surface area contributed by atoms with Crippen LogP contribution >= 0.6 is 0 Å². The average molecular weight is 236 g/mol. The van der Waals surface area contributed by atoms with Gasteiger partial charge in [-0.25, -0.2) is 9.97 Å². The summed E-state index contributed by atoms with van der Waals surface area (Å²) in [4.78, 5) is 8.67. The van der Waals surface area contributed by atoms with E-state index in [2.05, 4.69) is 41.4 Å². The molecule has 17 heavy (non-hydrogen) atoms. The number of rotatable bonds is 6. The van der Waals surface area contributed by atoms with Crippen molar-refractivity contribution in [3.8, 4) is 0 Å². The number of nitrogens with zero attached hydrogens (tertiary/aromatic N) is 2. The first-order chi connectivity index (χ1) is 8.05. The summed E-state index contributed by atoms with van der Waals surface area (Å²) in [6.45, 7) is 8.61. The number of hydrogen-bond donors (Lipinski definition) is 2. The highest BCUT2D eigenvalue weighted by atomic mass is 15.1. The van der Waals surface area contributed by atoms with Crippen LogP contribution in [0.15, 0.2) is 6.07 Å². The van der Waals surface area contributed by atoms with E-state index in [1.165, 1.54) is 6.42 Å². The fourth-order valence-corrected chi connectivity index (χ4v) is 1.85. The number of hydrogen-bond acceptors (Lipinski definition) is 4. The molecule has 0 spiro atoms. The van der Waals surface area contributed by atoms with Gasteiger partial charge in [-0.2, -0.15) is 0 Å². The zero-order valence-electron chi connectivity index (χ0n) is 11.5. The Morgan fingerprint density at radius 3 is 2.47 bits per heavy atom. The summed E-state index contributed by atoms with van der Waals surface area (Å²) in [5, 5.41) is 6.47. The molecule has 0 bridgehead atoms. The van der Waals surface area contributed by atoms with E-state index in [1.54, 1.807) is 0 Å². The minimum Gasteiger partial charge on any atom is -0.373 e. The molecule has 1 aromatic rings. The lowest BCUT2D eigenvalue weighted by atomic mass is 10.0. The lowest BCUT2D eigenvalue weighted by Gasteiger charge is -2.18. The number of nitrogens with one attached hydrogen (secondary N) is 2. The van der Waals surface area contributed by atoms with Crippen LogP contribution in [0.2, 0.25) is 0 Å². The maximum absolute atomic E-state index is 4.39. The molecule has 4 heteroatoms. The Hall–Kier alpha value is -1.32. The van der Waals surface area contributed by atoms with Crippen molar-refractivity contribution in [2.24, 2.45) is 5.92 Å². The minimum absolute atomic E-state index is 0.434. The van der Waals surface area contributed by atoms with Crippen LogP contribution in [0.25, 0.3) is 0 Å². The minimum atomic E-state index is 0.434. The average Bonchev–Trinajstić information content (AvgIpc) is 2.27. The lowest BCUT2D eigenvalue weighted by molar-refractivity contribution is 0.483. The molecule has 2 unspecified atom stereocenters. The van der Waals surface area contributed by atoms with Gasteiger partial charge in [0.2, 0.25) is 0 Å². The third-order valence-corrected chi connectivity index (χ3v) is 2.94. The lowest BCUT2D eigenvalue weighted by Crippen LogP contribution is -2.19. The van der Waals surface area contributed by atoms with Crippen LogP contribution in [0.1, 0.15) is 39.4 Å². The maximum atomic E-state index is 4.39. The zero-order chi connectivity index (χ0) is 12.8. The maximum Gasteiger partial charge on any atom is 0.132 e. The summed E-state index contributed by atoms with van der Waals surface area (Å²) >= 11 is 0. The quantitative estimate of drug-likeness (QED) is 0.797. The van der Waals surface area contributed by atoms with Gasteiger partial charge >= 0.3 is 0 Å². The SMILES string of the molecule is CCC(C)CC(C)Nc1cc(NC)nc(C)n1. The van der Waals surface area contributed by atoms with Crippen molar-refractivity contribution in [1.29, 1.82) is 0 Å². The van der Waals surface area contributed by atoms with Crippen molar-refractivity contribution in [3.05, 3.63) is 11.9 Å². The number of aromatic nitrogens is 2. The second-order valence-electron chi connectivity index (χ2n) is 4.73. The van der Waals surface area contributed by atoms with Crippen LogP contribution in [0.4, 0.5) is 11.6 Å². The molecule has 0 saturated carbocycles. The van der Waals surface area contributed by atoms with E-state index in [4.69, 9.17) is 0 Å². The van der Waals surface area contributed by atoms with Crippen molar-refractivity contribution in [3.63, 3.8) is 0 Å². The Morgan fingerprint density at radius 2 is 1.88 bits per heavy atom. The van der Waals surface area contributed by atoms with E-state index in [9.17, 15) is 0 Å². The first kappa shape index (κ1) is 13.7. The standard InChI is InChI=1S/C13H24N4/c1-6-9(2)7-10(3)15-13-8-12(14-5)16-11(4)17-13/h8-10H,6-7H2,1-5H3,(H2,14,15,16,17). The molecule has 1 aromatic heterocycles. The van der Waals surface area contributed by atoms with Crippen LogP contribution in [-0.4, -0.2) is 23.1 Å². The Morgan fingerprint density at radius 1 is 1.24 bits per heavy atom. The fraction of sp³-hybridized carbons (Fsp3) is 0.692. The van der Waals surface area contributed by atoms with E-state index in [0.29, 0.717) is 6.04 Å². The number of anilines is 2. The molecule has 4 nitrogen and oxygen atoms in total. The first-order valence-corrected chi connectivity index (χ1v) is 6.35. The molecular formula is C13H24N4. The van der Waals surface area contributed by atoms with E-state index in [1.807, 2.05) is 20.0 Å². The van der Waals surface area contributed by atoms with Crippen molar-refractivity contribution in [2.75, 3.05) is 17.7 Å². The molecule has 0 amide bonds. The Bertz CT molecular complexity index is 351. The highest BCUT2D eigenvalue weighted by Crippen LogP contribution is 2.15. The summed E-state index contributed by atoms with van der Waals surface area (Å²) in [6, 6.07) is 2.38. The van der Waals surface area contributed by atoms with Crippen molar-refractivity contribution >= 4 is 11.6 Å². The van der Waals surface area contributed by atoms with Gasteiger partial charge in [-0.05, 0) is 26.2 Å². The molecule has 0 saturated heterocycles. The van der Waals surface area contributed by atoms with Crippen LogP contribution < -0.4 is 10.6 Å². The normalized spacial score (nSPS) is 14.2. The Kier molecular flexibility index (Phi) is 5.19. The highest BCUT2D eigenvalue weighted by Gasteiger charge is 2.08. The van der Waals surface area contributed by atoms with Crippen molar-refractivity contribution in [1.82, 2.24) is 9.97 Å². The number of aryl methyl sites for hydroxylation is 1. The van der Waals surface area contributed by atoms with Crippen LogP contribution in [-0.2, 0) is 0 Å². The topological polar surface area (TPSA) is 49.8 Å². The summed E-state index contributed by atoms with van der Waals surface area (Å²) in [6.07, 6.45) is 2.38. The van der Waals surface area contributed by atoms with Crippen LogP contribution in [0.5, 0.6) is 0 Å². The summed E-state index contributed by atoms with van der Waals surface area (Å²) in [5.41, 5.74) is 0. The van der Waals surface area contributed by atoms with Gasteiger partial charge in [0, 0.05) is 19.2 Å². The van der Waals surface area contributed by atoms with Crippen LogP contribution in [0.3, 0.4) is 0 Å². The smallest absolute Gasteiger partial charge is 0.132 e. The van der Waals surface area contributed by atoms with E-state index < -0.39 is 0 Å². The van der Waals surface area contributed by atoms with Gasteiger partial charge in [-0.3, -0.25) is 0 Å². The van der Waals surface area contributed by atoms with Crippen LogP contribution in [0, 0.1) is 12.8 Å². The molecule has 1 heterocycles. The molecule has 96 valence electrons. The molecule has 0 fully saturated rings. The zero-order valence-corrected chi connectivity index (χ0v) is 11.5. The van der Waals surface area contributed by atoms with Gasteiger partial charge < -0.3 is 10.6 Å². The van der Waals surface area contributed by atoms with Gasteiger partial charge in [0.15, 0.2) is 0 Å². The molecule has 2 N–H and O–H groups in total. The Balaban J connectivity index is 2.64. The predicted molar refractivity (Wildman–Crippen MR) is 73.5 cm³/mol. The largest absolute Gasteiger partial charge is 0.373 e. The summed E-state index contributed by atoms with van der Waals surface area (Å²) < 4.78 is 0. The fourth-order valence-electron chi connectivity index (χ4n) is 1.85. The molecule has 0 aliphatic rings. The first-order valence-electron chi connectivity index (χ1n) is 6.35. The molecule has 2 atom stereocenters. The van der Waals surface area contributed by atoms with E-state index in [-0.39, 0.29) is 0 Å². The molecule has 0 aliphatic heterocycles. The van der Waals surface area contributed by atoms with Gasteiger partial charge in [-0.1, -0.05) is 20.3 Å². The predicted octanol–water partition coefficient (Wildman–Crippen LogP) is 3.06. The van der Waals surface area contributed by atoms with E-state index in [0.717, 1.165) is 29.8 Å². The molecule has 1 rings (SSSR count). The second kappa shape index (κ2) is 6.42. The van der Waals surface area contributed by atoms with Crippen molar-refractivity contribution in [2.45, 2.75) is 46.6 Å². The molecule has 0 aliphatic carbocycles. The van der Waals surface area contributed by atoms with E-state index >= 15 is 0 Å². The summed E-state index contributed by atoms with van der Waals surface area (Å²) in [7, 11) is 1.87.